The molecule has 0 aliphatic carbocycles. The summed E-state index contributed by atoms with van der Waals surface area (Å²) in [7, 11) is 0. The highest BCUT2D eigenvalue weighted by molar-refractivity contribution is 5.58. The molecule has 0 aromatic carbocycles. The summed E-state index contributed by atoms with van der Waals surface area (Å²) in [5.74, 6) is 0.667. The van der Waals surface area contributed by atoms with Gasteiger partial charge in [0.15, 0.2) is 11.5 Å². The highest BCUT2D eigenvalue weighted by Gasteiger charge is 2.10. The molecule has 0 unspecified atom stereocenters. The minimum atomic E-state index is 0.565. The van der Waals surface area contributed by atoms with Crippen molar-refractivity contribution >= 4 is 11.5 Å². The number of hydrogen-bond acceptors (Lipinski definition) is 4. The number of rotatable bonds is 6. The van der Waals surface area contributed by atoms with E-state index in [1.54, 1.807) is 4.40 Å². The normalized spacial score (nSPS) is 10.8. The van der Waals surface area contributed by atoms with Crippen molar-refractivity contribution in [3.05, 3.63) is 30.1 Å². The van der Waals surface area contributed by atoms with E-state index in [4.69, 9.17) is 0 Å². The van der Waals surface area contributed by atoms with Gasteiger partial charge in [-0.1, -0.05) is 19.9 Å². The van der Waals surface area contributed by atoms with E-state index >= 15 is 0 Å². The molecule has 2 rings (SSSR count). The lowest BCUT2D eigenvalue weighted by molar-refractivity contribution is 0.316. The minimum absolute atomic E-state index is 0.565. The zero-order valence-corrected chi connectivity index (χ0v) is 11.4. The van der Waals surface area contributed by atoms with Crippen LogP contribution >= 0.6 is 0 Å². The van der Waals surface area contributed by atoms with E-state index in [1.165, 1.54) is 0 Å². The Kier molecular flexibility index (Phi) is 4.37. The van der Waals surface area contributed by atoms with Crippen LogP contribution in [0.25, 0.3) is 5.65 Å². The number of likely N-dealkylation sites (N-methyl/N-ethyl adjacent to an activating group) is 1. The molecule has 1 N–H and O–H groups in total. The molecule has 2 aromatic rings. The van der Waals surface area contributed by atoms with Gasteiger partial charge in [0.05, 0.1) is 0 Å². The maximum Gasteiger partial charge on any atom is 0.168 e. The van der Waals surface area contributed by atoms with E-state index in [1.807, 2.05) is 24.4 Å². The fourth-order valence-electron chi connectivity index (χ4n) is 2.10. The van der Waals surface area contributed by atoms with Crippen LogP contribution < -0.4 is 5.32 Å². The third kappa shape index (κ3) is 2.85. The largest absolute Gasteiger partial charge is 0.366 e. The molecule has 100 valence electrons. The number of pyridine rings is 1. The van der Waals surface area contributed by atoms with Gasteiger partial charge in [-0.3, -0.25) is 4.40 Å². The summed E-state index contributed by atoms with van der Waals surface area (Å²) in [4.78, 5) is 6.77. The lowest BCUT2D eigenvalue weighted by atomic mass is 10.4. The van der Waals surface area contributed by atoms with Crippen molar-refractivity contribution in [3.8, 4) is 6.07 Å². The predicted octanol–water partition coefficient (Wildman–Crippen LogP) is 1.96. The highest BCUT2D eigenvalue weighted by Crippen LogP contribution is 2.16. The Hall–Kier alpha value is -2.06. The Morgan fingerprint density at radius 2 is 2.16 bits per heavy atom. The molecule has 2 heterocycles. The Morgan fingerprint density at radius 3 is 2.84 bits per heavy atom. The van der Waals surface area contributed by atoms with Crippen LogP contribution in [0.3, 0.4) is 0 Å². The molecule has 5 heteroatoms. The molecule has 0 aliphatic rings. The van der Waals surface area contributed by atoms with Crippen LogP contribution in [0.15, 0.2) is 24.4 Å². The fraction of sp³-hybridized carbons (Fsp3) is 0.429. The molecule has 0 atom stereocenters. The molecule has 0 radical (unpaired) electrons. The summed E-state index contributed by atoms with van der Waals surface area (Å²) >= 11 is 0. The van der Waals surface area contributed by atoms with E-state index < -0.39 is 0 Å². The van der Waals surface area contributed by atoms with Crippen molar-refractivity contribution in [2.45, 2.75) is 13.8 Å². The van der Waals surface area contributed by atoms with Gasteiger partial charge in [0, 0.05) is 19.3 Å². The van der Waals surface area contributed by atoms with Gasteiger partial charge in [0.2, 0.25) is 0 Å². The quantitative estimate of drug-likeness (QED) is 0.859. The maximum absolute atomic E-state index is 9.24. The zero-order valence-electron chi connectivity index (χ0n) is 11.4. The Bertz CT molecular complexity index is 577. The summed E-state index contributed by atoms with van der Waals surface area (Å²) < 4.78 is 1.81. The SMILES string of the molecule is CCN(CC)CCNc1nc2ccccn2c1C#N. The topological polar surface area (TPSA) is 56.4 Å². The smallest absolute Gasteiger partial charge is 0.168 e. The number of aromatic nitrogens is 2. The van der Waals surface area contributed by atoms with Gasteiger partial charge in [-0.05, 0) is 25.2 Å². The Morgan fingerprint density at radius 1 is 1.37 bits per heavy atom. The van der Waals surface area contributed by atoms with Crippen molar-refractivity contribution in [2.24, 2.45) is 0 Å². The van der Waals surface area contributed by atoms with E-state index in [-0.39, 0.29) is 0 Å². The number of nitriles is 1. The number of nitrogens with zero attached hydrogens (tertiary/aromatic N) is 4. The molecule has 2 aromatic heterocycles. The van der Waals surface area contributed by atoms with Crippen LogP contribution in [0.2, 0.25) is 0 Å². The van der Waals surface area contributed by atoms with Gasteiger partial charge in [-0.2, -0.15) is 5.26 Å². The van der Waals surface area contributed by atoms with Crippen LogP contribution in [-0.2, 0) is 0 Å². The number of fused-ring (bicyclic) bond motifs is 1. The number of imidazole rings is 1. The van der Waals surface area contributed by atoms with Crippen LogP contribution in [0.5, 0.6) is 0 Å². The van der Waals surface area contributed by atoms with Gasteiger partial charge < -0.3 is 10.2 Å². The molecule has 0 saturated carbocycles. The number of hydrogen-bond donors (Lipinski definition) is 1. The molecule has 0 amide bonds. The van der Waals surface area contributed by atoms with Gasteiger partial charge >= 0.3 is 0 Å². The van der Waals surface area contributed by atoms with Crippen molar-refractivity contribution in [1.29, 1.82) is 5.26 Å². The molecule has 0 saturated heterocycles. The summed E-state index contributed by atoms with van der Waals surface area (Å²) in [6, 6.07) is 7.93. The van der Waals surface area contributed by atoms with E-state index in [9.17, 15) is 5.26 Å². The standard InChI is InChI=1S/C14H19N5/c1-3-18(4-2)10-8-16-14-12(11-15)19-9-6-5-7-13(19)17-14/h5-7,9,16H,3-4,8,10H2,1-2H3. The van der Waals surface area contributed by atoms with Crippen LogP contribution in [0, 0.1) is 11.3 Å². The molecule has 0 aliphatic heterocycles. The Balaban J connectivity index is 2.10. The Labute approximate surface area is 113 Å². The zero-order chi connectivity index (χ0) is 13.7. The fourth-order valence-corrected chi connectivity index (χ4v) is 2.10. The van der Waals surface area contributed by atoms with Crippen molar-refractivity contribution in [3.63, 3.8) is 0 Å². The van der Waals surface area contributed by atoms with E-state index in [2.05, 4.69) is 35.1 Å². The lowest BCUT2D eigenvalue weighted by Gasteiger charge is -2.17. The summed E-state index contributed by atoms with van der Waals surface area (Å²) in [5, 5.41) is 12.5. The minimum Gasteiger partial charge on any atom is -0.366 e. The van der Waals surface area contributed by atoms with Gasteiger partial charge in [0.25, 0.3) is 0 Å². The van der Waals surface area contributed by atoms with Crippen LogP contribution in [0.4, 0.5) is 5.82 Å². The number of nitrogens with one attached hydrogen (secondary N) is 1. The molecular formula is C14H19N5. The van der Waals surface area contributed by atoms with Crippen molar-refractivity contribution in [1.82, 2.24) is 14.3 Å². The molecular weight excluding hydrogens is 238 g/mol. The monoisotopic (exact) mass is 257 g/mol. The summed E-state index contributed by atoms with van der Waals surface area (Å²) in [6.45, 7) is 8.11. The summed E-state index contributed by atoms with van der Waals surface area (Å²) in [5.41, 5.74) is 1.36. The molecule has 19 heavy (non-hydrogen) atoms. The first kappa shape index (κ1) is 13.4. The predicted molar refractivity (Wildman–Crippen MR) is 76.2 cm³/mol. The van der Waals surface area contributed by atoms with Gasteiger partial charge in [-0.25, -0.2) is 4.98 Å². The number of anilines is 1. The first-order valence-corrected chi connectivity index (χ1v) is 6.63. The average Bonchev–Trinajstić information content (AvgIpc) is 2.81. The molecule has 0 fully saturated rings. The van der Waals surface area contributed by atoms with Gasteiger partial charge in [0.1, 0.15) is 11.7 Å². The summed E-state index contributed by atoms with van der Waals surface area (Å²) in [6.07, 6.45) is 1.86. The molecule has 5 nitrogen and oxygen atoms in total. The van der Waals surface area contributed by atoms with Crippen molar-refractivity contribution < 1.29 is 0 Å². The maximum atomic E-state index is 9.24. The third-order valence-electron chi connectivity index (χ3n) is 3.25. The first-order valence-electron chi connectivity index (χ1n) is 6.63. The lowest BCUT2D eigenvalue weighted by Crippen LogP contribution is -2.28. The second-order valence-electron chi connectivity index (χ2n) is 4.30. The van der Waals surface area contributed by atoms with E-state index in [0.29, 0.717) is 11.5 Å². The van der Waals surface area contributed by atoms with Crippen LogP contribution in [-0.4, -0.2) is 40.5 Å². The van der Waals surface area contributed by atoms with Gasteiger partial charge in [-0.15, -0.1) is 0 Å². The van der Waals surface area contributed by atoms with E-state index in [0.717, 1.165) is 31.8 Å². The first-order chi connectivity index (χ1) is 9.30. The molecule has 0 spiro atoms. The van der Waals surface area contributed by atoms with Crippen molar-refractivity contribution in [2.75, 3.05) is 31.5 Å². The average molecular weight is 257 g/mol. The second-order valence-corrected chi connectivity index (χ2v) is 4.30. The highest BCUT2D eigenvalue weighted by atomic mass is 15.2. The third-order valence-corrected chi connectivity index (χ3v) is 3.25. The second kappa shape index (κ2) is 6.21. The molecule has 0 bridgehead atoms. The van der Waals surface area contributed by atoms with Crippen LogP contribution in [0.1, 0.15) is 19.5 Å².